The highest BCUT2D eigenvalue weighted by Crippen LogP contribution is 2.19. The number of carbonyl (C=O) groups excluding carboxylic acids is 3. The monoisotopic (exact) mass is 610 g/mol. The molecule has 0 aliphatic carbocycles. The molecule has 4 atom stereocenters. The average Bonchev–Trinajstić information content (AvgIpc) is 3.40. The van der Waals surface area contributed by atoms with E-state index in [1.54, 1.807) is 18.3 Å². The van der Waals surface area contributed by atoms with Crippen molar-refractivity contribution in [2.75, 3.05) is 13.2 Å². The van der Waals surface area contributed by atoms with E-state index in [4.69, 9.17) is 17.2 Å². The van der Waals surface area contributed by atoms with Crippen LogP contribution in [0.4, 0.5) is 0 Å². The van der Waals surface area contributed by atoms with E-state index in [0.717, 1.165) is 10.9 Å². The summed E-state index contributed by atoms with van der Waals surface area (Å²) in [5.41, 5.74) is 18.9. The summed E-state index contributed by atoms with van der Waals surface area (Å²) < 4.78 is 0. The number of guanidine groups is 1. The molecule has 236 valence electrons. The van der Waals surface area contributed by atoms with E-state index in [2.05, 4.69) is 25.9 Å². The van der Waals surface area contributed by atoms with E-state index < -0.39 is 54.5 Å². The van der Waals surface area contributed by atoms with Crippen molar-refractivity contribution in [3.05, 3.63) is 65.9 Å². The Morgan fingerprint density at radius 1 is 0.864 bits per heavy atom. The lowest BCUT2D eigenvalue weighted by atomic mass is 10.0. The number of fused-ring (bicyclic) bond motifs is 1. The van der Waals surface area contributed by atoms with E-state index in [0.29, 0.717) is 11.1 Å². The number of para-hydroxylation sites is 1. The molecule has 0 radical (unpaired) electrons. The Balaban J connectivity index is 1.74. The van der Waals surface area contributed by atoms with Crippen LogP contribution in [0.15, 0.2) is 59.7 Å². The zero-order valence-corrected chi connectivity index (χ0v) is 23.9. The molecule has 15 heteroatoms. The number of benzene rings is 2. The largest absolute Gasteiger partial charge is 0.508 e. The summed E-state index contributed by atoms with van der Waals surface area (Å²) in [5, 5.41) is 37.1. The number of rotatable bonds is 16. The van der Waals surface area contributed by atoms with Crippen LogP contribution in [0.3, 0.4) is 0 Å². The molecule has 3 aromatic rings. The third-order valence-electron chi connectivity index (χ3n) is 6.84. The minimum absolute atomic E-state index is 0.00975. The van der Waals surface area contributed by atoms with Gasteiger partial charge in [0.2, 0.25) is 17.7 Å². The van der Waals surface area contributed by atoms with Crippen molar-refractivity contribution >= 4 is 40.6 Å². The van der Waals surface area contributed by atoms with Gasteiger partial charge in [0.1, 0.15) is 23.9 Å². The van der Waals surface area contributed by atoms with Crippen LogP contribution in [0.25, 0.3) is 10.9 Å². The van der Waals surface area contributed by atoms with Crippen molar-refractivity contribution in [3.8, 4) is 5.75 Å². The van der Waals surface area contributed by atoms with Crippen molar-refractivity contribution < 1.29 is 34.5 Å². The number of nitrogens with two attached hydrogens (primary N) is 3. The molecular formula is C29H38N8O7. The van der Waals surface area contributed by atoms with Crippen molar-refractivity contribution in [1.82, 2.24) is 20.9 Å². The first-order chi connectivity index (χ1) is 21.0. The number of amides is 3. The van der Waals surface area contributed by atoms with Gasteiger partial charge in [0.15, 0.2) is 5.96 Å². The molecule has 13 N–H and O–H groups in total. The van der Waals surface area contributed by atoms with E-state index >= 15 is 0 Å². The van der Waals surface area contributed by atoms with E-state index in [1.165, 1.54) is 12.1 Å². The molecule has 4 unspecified atom stereocenters. The molecule has 0 bridgehead atoms. The number of aliphatic carboxylic acids is 1. The van der Waals surface area contributed by atoms with Gasteiger partial charge in [0.25, 0.3) is 0 Å². The molecule has 0 saturated carbocycles. The number of carboxylic acids is 1. The predicted octanol–water partition coefficient (Wildman–Crippen LogP) is -1.43. The van der Waals surface area contributed by atoms with Crippen LogP contribution in [-0.4, -0.2) is 87.3 Å². The van der Waals surface area contributed by atoms with Gasteiger partial charge >= 0.3 is 5.97 Å². The van der Waals surface area contributed by atoms with Gasteiger partial charge in [-0.25, -0.2) is 4.79 Å². The first-order valence-corrected chi connectivity index (χ1v) is 13.9. The second-order valence-corrected chi connectivity index (χ2v) is 10.2. The van der Waals surface area contributed by atoms with Crippen molar-refractivity contribution in [3.63, 3.8) is 0 Å². The first-order valence-electron chi connectivity index (χ1n) is 13.9. The number of hydrogen-bond donors (Lipinski definition) is 10. The average molecular weight is 611 g/mol. The molecule has 0 aliphatic heterocycles. The summed E-state index contributed by atoms with van der Waals surface area (Å²) >= 11 is 0. The minimum atomic E-state index is -1.52. The van der Waals surface area contributed by atoms with Crippen LogP contribution < -0.4 is 33.2 Å². The maximum absolute atomic E-state index is 13.5. The van der Waals surface area contributed by atoms with Crippen LogP contribution in [-0.2, 0) is 32.0 Å². The number of aliphatic imine (C=N–C) groups is 1. The summed E-state index contributed by atoms with van der Waals surface area (Å²) in [6.45, 7) is -0.696. The predicted molar refractivity (Wildman–Crippen MR) is 162 cm³/mol. The van der Waals surface area contributed by atoms with Gasteiger partial charge in [-0.2, -0.15) is 0 Å². The molecule has 1 aromatic heterocycles. The van der Waals surface area contributed by atoms with Crippen molar-refractivity contribution in [2.45, 2.75) is 49.9 Å². The summed E-state index contributed by atoms with van der Waals surface area (Å²) in [7, 11) is 0. The molecule has 1 heterocycles. The Morgan fingerprint density at radius 3 is 2.16 bits per heavy atom. The molecule has 0 aliphatic rings. The van der Waals surface area contributed by atoms with Crippen LogP contribution in [0.1, 0.15) is 24.0 Å². The molecule has 0 fully saturated rings. The standard InChI is InChI=1S/C29H38N8O7/c30-20(12-16-7-9-18(39)10-8-16)25(40)36-23(13-17-14-34-21-5-2-1-4-19(17)21)26(41)37-24(15-38)27(42)35-22(28(43)44)6-3-11-33-29(31)32/h1-2,4-5,7-10,14,20,22-24,34,38-39H,3,6,11-13,15,30H2,(H,35,42)(H,36,40)(H,37,41)(H,43,44)(H4,31,32,33). The number of aromatic amines is 1. The number of H-pyrrole nitrogens is 1. The van der Waals surface area contributed by atoms with Crippen LogP contribution >= 0.6 is 0 Å². The Bertz CT molecular complexity index is 1470. The number of hydrogen-bond acceptors (Lipinski definition) is 8. The number of phenols is 1. The Labute approximate surface area is 252 Å². The fourth-order valence-electron chi connectivity index (χ4n) is 4.49. The number of aliphatic hydroxyl groups is 1. The smallest absolute Gasteiger partial charge is 0.326 e. The van der Waals surface area contributed by atoms with Gasteiger partial charge in [-0.1, -0.05) is 30.3 Å². The second-order valence-electron chi connectivity index (χ2n) is 10.2. The zero-order valence-electron chi connectivity index (χ0n) is 23.9. The molecule has 3 rings (SSSR count). The number of nitrogens with zero attached hydrogens (tertiary/aromatic N) is 1. The van der Waals surface area contributed by atoms with Gasteiger partial charge in [-0.3, -0.25) is 19.4 Å². The maximum Gasteiger partial charge on any atom is 0.326 e. The van der Waals surface area contributed by atoms with E-state index in [9.17, 15) is 34.5 Å². The highest BCUT2D eigenvalue weighted by atomic mass is 16.4. The second kappa shape index (κ2) is 15.9. The van der Waals surface area contributed by atoms with Crippen LogP contribution in [0.2, 0.25) is 0 Å². The van der Waals surface area contributed by atoms with Crippen molar-refractivity contribution in [2.24, 2.45) is 22.2 Å². The Morgan fingerprint density at radius 2 is 1.50 bits per heavy atom. The number of aromatic hydroxyl groups is 1. The first kappa shape index (κ1) is 33.4. The van der Waals surface area contributed by atoms with Gasteiger partial charge < -0.3 is 53.5 Å². The van der Waals surface area contributed by atoms with Gasteiger partial charge in [0.05, 0.1) is 12.6 Å². The van der Waals surface area contributed by atoms with Gasteiger partial charge in [0, 0.05) is 30.1 Å². The molecule has 0 saturated heterocycles. The SMILES string of the molecule is NC(N)=NCCCC(NC(=O)C(CO)NC(=O)C(Cc1c[nH]c2ccccc12)NC(=O)C(N)Cc1ccc(O)cc1)C(=O)O. The maximum atomic E-state index is 13.5. The third-order valence-corrected chi connectivity index (χ3v) is 6.84. The minimum Gasteiger partial charge on any atom is -0.508 e. The van der Waals surface area contributed by atoms with Gasteiger partial charge in [-0.05, 0) is 48.6 Å². The molecule has 2 aromatic carbocycles. The number of carboxylic acid groups (broad SMARTS) is 1. The van der Waals surface area contributed by atoms with E-state index in [1.807, 2.05) is 24.3 Å². The molecule has 0 spiro atoms. The lowest BCUT2D eigenvalue weighted by Crippen LogP contribution is -2.58. The Kier molecular flexibility index (Phi) is 12.1. The fourth-order valence-corrected chi connectivity index (χ4v) is 4.49. The highest BCUT2D eigenvalue weighted by molar-refractivity contribution is 5.95. The zero-order chi connectivity index (χ0) is 32.2. The summed E-state index contributed by atoms with van der Waals surface area (Å²) in [5.74, 6) is -3.79. The number of aliphatic hydroxyl groups excluding tert-OH is 1. The Hall–Kier alpha value is -5.15. The van der Waals surface area contributed by atoms with Gasteiger partial charge in [-0.15, -0.1) is 0 Å². The number of phenolic OH excluding ortho intramolecular Hbond substituents is 1. The summed E-state index contributed by atoms with van der Waals surface area (Å²) in [6, 6.07) is 8.41. The van der Waals surface area contributed by atoms with Crippen molar-refractivity contribution in [1.29, 1.82) is 0 Å². The number of carbonyl (C=O) groups is 4. The highest BCUT2D eigenvalue weighted by Gasteiger charge is 2.30. The third kappa shape index (κ3) is 9.71. The number of aromatic nitrogens is 1. The van der Waals surface area contributed by atoms with Crippen LogP contribution in [0, 0.1) is 0 Å². The lowest BCUT2D eigenvalue weighted by Gasteiger charge is -2.24. The molecule has 3 amide bonds. The fraction of sp³-hybridized carbons (Fsp3) is 0.345. The quantitative estimate of drug-likeness (QED) is 0.0513. The summed E-state index contributed by atoms with van der Waals surface area (Å²) in [6.07, 6.45) is 2.06. The van der Waals surface area contributed by atoms with E-state index in [-0.39, 0.29) is 43.9 Å². The summed E-state index contributed by atoms with van der Waals surface area (Å²) in [4.78, 5) is 58.0. The lowest BCUT2D eigenvalue weighted by molar-refractivity contribution is -0.142. The van der Waals surface area contributed by atoms with Crippen LogP contribution in [0.5, 0.6) is 5.75 Å². The topological polar surface area (TPSA) is 271 Å². The molecular weight excluding hydrogens is 572 g/mol. The molecule has 44 heavy (non-hydrogen) atoms. The number of nitrogens with one attached hydrogen (secondary N) is 4. The normalized spacial score (nSPS) is 13.7. The molecule has 15 nitrogen and oxygen atoms in total.